The van der Waals surface area contributed by atoms with Crippen molar-refractivity contribution < 1.29 is 4.74 Å². The fourth-order valence-electron chi connectivity index (χ4n) is 3.97. The molecule has 0 saturated carbocycles. The second-order valence-corrected chi connectivity index (χ2v) is 8.50. The van der Waals surface area contributed by atoms with Crippen LogP contribution in [0, 0.1) is 0 Å². The van der Waals surface area contributed by atoms with Crippen LogP contribution >= 0.6 is 11.6 Å². The lowest BCUT2D eigenvalue weighted by atomic mass is 10.0. The SMILES string of the molecule is CC(c1ccc(CCn2ccc(OCc3ccc(Cl)cn3)cc2=O)cc1)N1CCCC1. The average molecular weight is 438 g/mol. The second kappa shape index (κ2) is 10.1. The first-order chi connectivity index (χ1) is 15.1. The van der Waals surface area contributed by atoms with Crippen molar-refractivity contribution in [3.05, 3.63) is 93.1 Å². The smallest absolute Gasteiger partial charge is 0.254 e. The monoisotopic (exact) mass is 437 g/mol. The second-order valence-electron chi connectivity index (χ2n) is 8.06. The van der Waals surface area contributed by atoms with E-state index in [1.807, 2.05) is 6.07 Å². The van der Waals surface area contributed by atoms with E-state index in [0.717, 1.165) is 12.1 Å². The van der Waals surface area contributed by atoms with Crippen LogP contribution in [-0.2, 0) is 19.6 Å². The lowest BCUT2D eigenvalue weighted by molar-refractivity contribution is 0.263. The minimum absolute atomic E-state index is 0.0687. The van der Waals surface area contributed by atoms with Crippen LogP contribution < -0.4 is 10.3 Å². The normalized spacial score (nSPS) is 15.2. The molecule has 1 unspecified atom stereocenters. The van der Waals surface area contributed by atoms with Crippen molar-refractivity contribution >= 4 is 11.6 Å². The van der Waals surface area contributed by atoms with Gasteiger partial charge >= 0.3 is 0 Å². The van der Waals surface area contributed by atoms with Gasteiger partial charge in [-0.3, -0.25) is 14.7 Å². The lowest BCUT2D eigenvalue weighted by Gasteiger charge is -2.24. The summed E-state index contributed by atoms with van der Waals surface area (Å²) >= 11 is 5.84. The maximum atomic E-state index is 12.5. The number of aromatic nitrogens is 2. The molecule has 0 radical (unpaired) electrons. The Hall–Kier alpha value is -2.63. The first kappa shape index (κ1) is 21.6. The first-order valence-electron chi connectivity index (χ1n) is 10.8. The van der Waals surface area contributed by atoms with E-state index in [0.29, 0.717) is 30.0 Å². The Kier molecular flexibility index (Phi) is 7.05. The topological polar surface area (TPSA) is 47.4 Å². The molecular formula is C25H28ClN3O2. The summed E-state index contributed by atoms with van der Waals surface area (Å²) in [6, 6.07) is 16.2. The number of hydrogen-bond acceptors (Lipinski definition) is 4. The zero-order chi connectivity index (χ0) is 21.6. The van der Waals surface area contributed by atoms with E-state index < -0.39 is 0 Å². The minimum atomic E-state index is -0.0687. The maximum absolute atomic E-state index is 12.5. The maximum Gasteiger partial charge on any atom is 0.254 e. The summed E-state index contributed by atoms with van der Waals surface area (Å²) in [6.45, 7) is 5.61. The van der Waals surface area contributed by atoms with Crippen molar-refractivity contribution in [3.63, 3.8) is 0 Å². The van der Waals surface area contributed by atoms with E-state index >= 15 is 0 Å². The van der Waals surface area contributed by atoms with E-state index in [9.17, 15) is 4.79 Å². The van der Waals surface area contributed by atoms with Crippen molar-refractivity contribution in [1.82, 2.24) is 14.5 Å². The van der Waals surface area contributed by atoms with Crippen molar-refractivity contribution in [2.24, 2.45) is 0 Å². The van der Waals surface area contributed by atoms with Gasteiger partial charge in [-0.05, 0) is 68.6 Å². The van der Waals surface area contributed by atoms with Gasteiger partial charge in [-0.1, -0.05) is 35.9 Å². The zero-order valence-corrected chi connectivity index (χ0v) is 18.6. The molecule has 2 aromatic heterocycles. The quantitative estimate of drug-likeness (QED) is 0.504. The van der Waals surface area contributed by atoms with E-state index in [1.54, 1.807) is 29.1 Å². The summed E-state index contributed by atoms with van der Waals surface area (Å²) in [7, 11) is 0. The Labute approximate surface area is 188 Å². The molecule has 1 fully saturated rings. The van der Waals surface area contributed by atoms with Crippen LogP contribution in [0.2, 0.25) is 5.02 Å². The van der Waals surface area contributed by atoms with Crippen LogP contribution in [0.3, 0.4) is 0 Å². The summed E-state index contributed by atoms with van der Waals surface area (Å²) in [6.07, 6.45) is 6.79. The van der Waals surface area contributed by atoms with Gasteiger partial charge in [0.1, 0.15) is 12.4 Å². The highest BCUT2D eigenvalue weighted by molar-refractivity contribution is 6.30. The number of aryl methyl sites for hydroxylation is 2. The van der Waals surface area contributed by atoms with Gasteiger partial charge in [0.25, 0.3) is 5.56 Å². The van der Waals surface area contributed by atoms with Crippen LogP contribution in [0.25, 0.3) is 0 Å². The Balaban J connectivity index is 1.31. The molecule has 0 amide bonds. The van der Waals surface area contributed by atoms with Crippen molar-refractivity contribution in [2.45, 2.75) is 45.4 Å². The standard InChI is InChI=1S/C25H28ClN3O2/c1-19(28-12-2-3-13-28)21-6-4-20(5-7-21)10-14-29-15-11-24(16-25(29)30)31-18-23-9-8-22(26)17-27-23/h4-9,11,15-17,19H,2-3,10,12-14,18H2,1H3. The van der Waals surface area contributed by atoms with E-state index in [4.69, 9.17) is 16.3 Å². The first-order valence-corrected chi connectivity index (χ1v) is 11.2. The van der Waals surface area contributed by atoms with Gasteiger partial charge in [-0.25, -0.2) is 0 Å². The van der Waals surface area contributed by atoms with Crippen molar-refractivity contribution in [2.75, 3.05) is 13.1 Å². The minimum Gasteiger partial charge on any atom is -0.487 e. The molecule has 0 spiro atoms. The van der Waals surface area contributed by atoms with Gasteiger partial charge in [0.2, 0.25) is 0 Å². The van der Waals surface area contributed by atoms with Crippen LogP contribution in [0.1, 0.15) is 42.6 Å². The molecule has 0 N–H and O–H groups in total. The largest absolute Gasteiger partial charge is 0.487 e. The number of ether oxygens (including phenoxy) is 1. The molecule has 31 heavy (non-hydrogen) atoms. The van der Waals surface area contributed by atoms with Crippen molar-refractivity contribution in [1.29, 1.82) is 0 Å². The zero-order valence-electron chi connectivity index (χ0n) is 17.8. The number of likely N-dealkylation sites (tertiary alicyclic amines) is 1. The molecule has 1 aliphatic rings. The summed E-state index contributed by atoms with van der Waals surface area (Å²) in [5.41, 5.74) is 3.29. The van der Waals surface area contributed by atoms with Crippen molar-refractivity contribution in [3.8, 4) is 5.75 Å². The highest BCUT2D eigenvalue weighted by Gasteiger charge is 2.19. The molecule has 6 heteroatoms. The Morgan fingerprint density at radius 2 is 1.87 bits per heavy atom. The molecule has 162 valence electrons. The van der Waals surface area contributed by atoms with Gasteiger partial charge in [-0.2, -0.15) is 0 Å². The number of hydrogen-bond donors (Lipinski definition) is 0. The van der Waals surface area contributed by atoms with Crippen LogP contribution in [0.15, 0.2) is 65.7 Å². The number of halogens is 1. The molecule has 3 heterocycles. The Morgan fingerprint density at radius 1 is 1.10 bits per heavy atom. The molecule has 4 rings (SSSR count). The molecule has 1 aliphatic heterocycles. The van der Waals surface area contributed by atoms with E-state index in [1.165, 1.54) is 43.1 Å². The third kappa shape index (κ3) is 5.75. The number of nitrogens with zero attached hydrogens (tertiary/aromatic N) is 3. The molecule has 5 nitrogen and oxygen atoms in total. The van der Waals surface area contributed by atoms with Gasteiger partial charge in [0.05, 0.1) is 10.7 Å². The van der Waals surface area contributed by atoms with Crippen LogP contribution in [-0.4, -0.2) is 27.5 Å². The third-order valence-electron chi connectivity index (χ3n) is 5.93. The molecule has 1 saturated heterocycles. The molecule has 1 aromatic carbocycles. The number of pyridine rings is 2. The van der Waals surface area contributed by atoms with Gasteiger partial charge in [-0.15, -0.1) is 0 Å². The van der Waals surface area contributed by atoms with Crippen LogP contribution in [0.4, 0.5) is 0 Å². The fraction of sp³-hybridized carbons (Fsp3) is 0.360. The molecule has 3 aromatic rings. The third-order valence-corrected chi connectivity index (χ3v) is 6.16. The van der Waals surface area contributed by atoms with Gasteiger partial charge in [0.15, 0.2) is 0 Å². The van der Waals surface area contributed by atoms with E-state index in [2.05, 4.69) is 41.1 Å². The summed E-state index contributed by atoms with van der Waals surface area (Å²) in [5.74, 6) is 0.540. The summed E-state index contributed by atoms with van der Waals surface area (Å²) in [5, 5.41) is 0.585. The number of rotatable bonds is 8. The predicted molar refractivity (Wildman–Crippen MR) is 124 cm³/mol. The van der Waals surface area contributed by atoms with Gasteiger partial charge < -0.3 is 9.30 Å². The molecular weight excluding hydrogens is 410 g/mol. The fourth-order valence-corrected chi connectivity index (χ4v) is 4.08. The predicted octanol–water partition coefficient (Wildman–Crippen LogP) is 4.88. The lowest BCUT2D eigenvalue weighted by Crippen LogP contribution is -2.23. The Morgan fingerprint density at radius 3 is 2.55 bits per heavy atom. The molecule has 0 aliphatic carbocycles. The summed E-state index contributed by atoms with van der Waals surface area (Å²) in [4.78, 5) is 19.2. The highest BCUT2D eigenvalue weighted by atomic mass is 35.5. The van der Waals surface area contributed by atoms with Gasteiger partial charge in [0, 0.05) is 31.0 Å². The average Bonchev–Trinajstić information content (AvgIpc) is 3.33. The van der Waals surface area contributed by atoms with E-state index in [-0.39, 0.29) is 5.56 Å². The number of benzene rings is 1. The summed E-state index contributed by atoms with van der Waals surface area (Å²) < 4.78 is 7.40. The molecule has 0 bridgehead atoms. The molecule has 1 atom stereocenters. The Bertz CT molecular complexity index is 1040. The van der Waals surface area contributed by atoms with Crippen LogP contribution in [0.5, 0.6) is 5.75 Å². The highest BCUT2D eigenvalue weighted by Crippen LogP contribution is 2.24.